The van der Waals surface area contributed by atoms with Crippen LogP contribution in [0.3, 0.4) is 0 Å². The van der Waals surface area contributed by atoms with Crippen LogP contribution < -0.4 is 10.6 Å². The van der Waals surface area contributed by atoms with Gasteiger partial charge in [0.15, 0.2) is 0 Å². The lowest BCUT2D eigenvalue weighted by Gasteiger charge is -2.30. The van der Waals surface area contributed by atoms with Gasteiger partial charge in [-0.3, -0.25) is 14.5 Å². The molecular formula is C25H30FN7O2. The Bertz CT molecular complexity index is 1180. The largest absolute Gasteiger partial charge is 0.352 e. The maximum Gasteiger partial charge on any atom is 0.252 e. The molecule has 184 valence electrons. The van der Waals surface area contributed by atoms with Crippen LogP contribution in [0.15, 0.2) is 36.4 Å². The summed E-state index contributed by atoms with van der Waals surface area (Å²) in [5.41, 5.74) is 3.25. The number of aryl methyl sites for hydroxylation is 3. The molecule has 9 nitrogen and oxygen atoms in total. The van der Waals surface area contributed by atoms with Crippen molar-refractivity contribution < 1.29 is 14.0 Å². The molecule has 35 heavy (non-hydrogen) atoms. The summed E-state index contributed by atoms with van der Waals surface area (Å²) < 4.78 is 14.6. The minimum atomic E-state index is -0.297. The standard InChI is InChI=1S/C25H30FN7O2/c1-16-12-17(2)29-25(28-16)33-22(13-18(3)31-33)30-23(34)15-32-10-8-20(9-11-32)24(35)27-14-19-4-6-21(26)7-5-19/h4-7,12-13,20H,8-11,14-15H2,1-3H3,(H,27,35)(H,30,34). The lowest BCUT2D eigenvalue weighted by atomic mass is 9.96. The highest BCUT2D eigenvalue weighted by Crippen LogP contribution is 2.19. The number of anilines is 1. The lowest BCUT2D eigenvalue weighted by Crippen LogP contribution is -2.43. The first kappa shape index (κ1) is 24.5. The number of nitrogens with one attached hydrogen (secondary N) is 2. The van der Waals surface area contributed by atoms with Crippen molar-refractivity contribution in [2.45, 2.75) is 40.2 Å². The summed E-state index contributed by atoms with van der Waals surface area (Å²) in [6.07, 6.45) is 1.35. The van der Waals surface area contributed by atoms with Gasteiger partial charge in [0.25, 0.3) is 5.95 Å². The SMILES string of the molecule is Cc1cc(C)nc(-n2nc(C)cc2NC(=O)CN2CCC(C(=O)NCc3ccc(F)cc3)CC2)n1. The fourth-order valence-electron chi connectivity index (χ4n) is 4.22. The summed E-state index contributed by atoms with van der Waals surface area (Å²) >= 11 is 0. The summed E-state index contributed by atoms with van der Waals surface area (Å²) in [7, 11) is 0. The van der Waals surface area contributed by atoms with Crippen molar-refractivity contribution in [1.29, 1.82) is 0 Å². The number of halogens is 1. The van der Waals surface area contributed by atoms with Gasteiger partial charge in [-0.05, 0) is 70.5 Å². The molecule has 3 aromatic rings. The third-order valence-electron chi connectivity index (χ3n) is 5.96. The number of piperidine rings is 1. The highest BCUT2D eigenvalue weighted by Gasteiger charge is 2.26. The Kier molecular flexibility index (Phi) is 7.50. The first-order valence-corrected chi connectivity index (χ1v) is 11.7. The van der Waals surface area contributed by atoms with Crippen molar-refractivity contribution >= 4 is 17.6 Å². The Morgan fingerprint density at radius 1 is 1.00 bits per heavy atom. The van der Waals surface area contributed by atoms with Crippen LogP contribution >= 0.6 is 0 Å². The van der Waals surface area contributed by atoms with Gasteiger partial charge in [0.1, 0.15) is 11.6 Å². The van der Waals surface area contributed by atoms with E-state index in [0.717, 1.165) is 22.6 Å². The molecule has 2 aromatic heterocycles. The number of hydrogen-bond acceptors (Lipinski definition) is 6. The van der Waals surface area contributed by atoms with Gasteiger partial charge in [-0.15, -0.1) is 0 Å². The highest BCUT2D eigenvalue weighted by atomic mass is 19.1. The van der Waals surface area contributed by atoms with E-state index in [0.29, 0.717) is 44.2 Å². The van der Waals surface area contributed by atoms with Crippen LogP contribution in [0, 0.1) is 32.5 Å². The van der Waals surface area contributed by atoms with Gasteiger partial charge in [-0.2, -0.15) is 9.78 Å². The van der Waals surface area contributed by atoms with Crippen LogP contribution in [-0.4, -0.2) is 56.1 Å². The van der Waals surface area contributed by atoms with Gasteiger partial charge in [0.2, 0.25) is 11.8 Å². The summed E-state index contributed by atoms with van der Waals surface area (Å²) in [5, 5.41) is 10.3. The molecule has 1 aromatic carbocycles. The normalized spacial score (nSPS) is 14.6. The summed E-state index contributed by atoms with van der Waals surface area (Å²) in [6.45, 7) is 7.53. The third-order valence-corrected chi connectivity index (χ3v) is 5.96. The Balaban J connectivity index is 1.27. The Morgan fingerprint density at radius 3 is 2.31 bits per heavy atom. The van der Waals surface area contributed by atoms with Gasteiger partial charge in [0, 0.05) is 29.9 Å². The molecule has 4 rings (SSSR count). The minimum absolute atomic E-state index is 0.00810. The number of likely N-dealkylation sites (tertiary alicyclic amines) is 1. The monoisotopic (exact) mass is 479 g/mol. The predicted octanol–water partition coefficient (Wildman–Crippen LogP) is 2.69. The Labute approximate surface area is 203 Å². The number of carbonyl (C=O) groups is 2. The van der Waals surface area contributed by atoms with Gasteiger partial charge in [0.05, 0.1) is 12.2 Å². The average Bonchev–Trinajstić information content (AvgIpc) is 3.18. The fourth-order valence-corrected chi connectivity index (χ4v) is 4.22. The molecule has 0 radical (unpaired) electrons. The van der Waals surface area contributed by atoms with Crippen LogP contribution in [0.4, 0.5) is 10.2 Å². The van der Waals surface area contributed by atoms with Crippen LogP contribution in [-0.2, 0) is 16.1 Å². The van der Waals surface area contributed by atoms with E-state index in [-0.39, 0.29) is 30.1 Å². The molecule has 0 bridgehead atoms. The van der Waals surface area contributed by atoms with E-state index < -0.39 is 0 Å². The molecule has 3 heterocycles. The van der Waals surface area contributed by atoms with Crippen molar-refractivity contribution in [2.75, 3.05) is 25.0 Å². The van der Waals surface area contributed by atoms with Crippen molar-refractivity contribution in [3.05, 3.63) is 64.9 Å². The van der Waals surface area contributed by atoms with Gasteiger partial charge >= 0.3 is 0 Å². The van der Waals surface area contributed by atoms with E-state index in [1.54, 1.807) is 22.9 Å². The molecule has 1 fully saturated rings. The van der Waals surface area contributed by atoms with E-state index in [2.05, 4.69) is 25.7 Å². The number of hydrogen-bond donors (Lipinski definition) is 2. The van der Waals surface area contributed by atoms with Crippen molar-refractivity contribution in [2.24, 2.45) is 5.92 Å². The van der Waals surface area contributed by atoms with Crippen molar-refractivity contribution in [3.63, 3.8) is 0 Å². The second-order valence-electron chi connectivity index (χ2n) is 8.98. The van der Waals surface area contributed by atoms with E-state index in [9.17, 15) is 14.0 Å². The zero-order valence-corrected chi connectivity index (χ0v) is 20.2. The number of benzene rings is 1. The first-order chi connectivity index (χ1) is 16.8. The lowest BCUT2D eigenvalue weighted by molar-refractivity contribution is -0.126. The van der Waals surface area contributed by atoms with Crippen LogP contribution in [0.25, 0.3) is 5.95 Å². The smallest absolute Gasteiger partial charge is 0.252 e. The van der Waals surface area contributed by atoms with E-state index in [4.69, 9.17) is 0 Å². The summed E-state index contributed by atoms with van der Waals surface area (Å²) in [6, 6.07) is 9.76. The summed E-state index contributed by atoms with van der Waals surface area (Å²) in [5.74, 6) is 0.377. The van der Waals surface area contributed by atoms with Gasteiger partial charge in [-0.1, -0.05) is 12.1 Å². The van der Waals surface area contributed by atoms with Crippen LogP contribution in [0.5, 0.6) is 0 Å². The molecule has 1 aliphatic heterocycles. The van der Waals surface area contributed by atoms with Gasteiger partial charge in [-0.25, -0.2) is 14.4 Å². The third kappa shape index (κ3) is 6.48. The second kappa shape index (κ2) is 10.7. The number of carbonyl (C=O) groups excluding carboxylic acids is 2. The van der Waals surface area contributed by atoms with Crippen molar-refractivity contribution in [3.8, 4) is 5.95 Å². The van der Waals surface area contributed by atoms with E-state index >= 15 is 0 Å². The quantitative estimate of drug-likeness (QED) is 0.540. The number of rotatable bonds is 7. The fraction of sp³-hybridized carbons (Fsp3) is 0.400. The zero-order chi connectivity index (χ0) is 24.9. The molecule has 1 aliphatic rings. The predicted molar refractivity (Wildman–Crippen MR) is 129 cm³/mol. The molecule has 10 heteroatoms. The van der Waals surface area contributed by atoms with Crippen LogP contribution in [0.1, 0.15) is 35.5 Å². The molecule has 1 saturated heterocycles. The Morgan fingerprint density at radius 2 is 1.66 bits per heavy atom. The molecule has 0 aliphatic carbocycles. The molecule has 2 amide bonds. The highest BCUT2D eigenvalue weighted by molar-refractivity contribution is 5.91. The van der Waals surface area contributed by atoms with Crippen LogP contribution in [0.2, 0.25) is 0 Å². The second-order valence-corrected chi connectivity index (χ2v) is 8.98. The zero-order valence-electron chi connectivity index (χ0n) is 20.2. The van der Waals surface area contributed by atoms with Crippen molar-refractivity contribution in [1.82, 2.24) is 30.0 Å². The molecule has 0 atom stereocenters. The maximum absolute atomic E-state index is 13.0. The summed E-state index contributed by atoms with van der Waals surface area (Å²) in [4.78, 5) is 36.2. The topological polar surface area (TPSA) is 105 Å². The number of amides is 2. The molecular weight excluding hydrogens is 449 g/mol. The Hall–Kier alpha value is -3.66. The van der Waals surface area contributed by atoms with E-state index in [1.807, 2.05) is 31.7 Å². The molecule has 0 spiro atoms. The molecule has 0 saturated carbocycles. The number of nitrogens with zero attached hydrogens (tertiary/aromatic N) is 5. The van der Waals surface area contributed by atoms with Gasteiger partial charge < -0.3 is 10.6 Å². The maximum atomic E-state index is 13.0. The minimum Gasteiger partial charge on any atom is -0.352 e. The number of aromatic nitrogens is 4. The van der Waals surface area contributed by atoms with E-state index in [1.165, 1.54) is 12.1 Å². The first-order valence-electron chi connectivity index (χ1n) is 11.7. The average molecular weight is 480 g/mol. The molecule has 2 N–H and O–H groups in total. The molecule has 0 unspecified atom stereocenters.